The van der Waals surface area contributed by atoms with E-state index in [1.54, 1.807) is 48.5 Å². The minimum atomic E-state index is -1.16. The predicted molar refractivity (Wildman–Crippen MR) is 112 cm³/mol. The fourth-order valence-corrected chi connectivity index (χ4v) is 3.51. The molecule has 0 spiro atoms. The third-order valence-corrected chi connectivity index (χ3v) is 5.03. The number of nitrogens with one attached hydrogen (secondary N) is 2. The van der Waals surface area contributed by atoms with Crippen molar-refractivity contribution in [1.29, 1.82) is 0 Å². The van der Waals surface area contributed by atoms with Gasteiger partial charge in [0.25, 0.3) is 5.91 Å². The molecule has 4 rings (SSSR count). The maximum Gasteiger partial charge on any atom is 0.352 e. The summed E-state index contributed by atoms with van der Waals surface area (Å²) in [6, 6.07) is 13.5. The third-order valence-electron chi connectivity index (χ3n) is 4.69. The first-order chi connectivity index (χ1) is 14.5. The molecule has 30 heavy (non-hydrogen) atoms. The summed E-state index contributed by atoms with van der Waals surface area (Å²) in [5.41, 5.74) is 1.27. The van der Waals surface area contributed by atoms with Crippen molar-refractivity contribution < 1.29 is 19.4 Å². The average Bonchev–Trinajstić information content (AvgIpc) is 3.18. The highest BCUT2D eigenvalue weighted by atomic mass is 35.5. The van der Waals surface area contributed by atoms with Crippen molar-refractivity contribution >= 4 is 35.0 Å². The number of carboxylic acids is 1. The molecule has 1 atom stereocenters. The lowest BCUT2D eigenvalue weighted by atomic mass is 10.0. The Labute approximate surface area is 176 Å². The molecule has 3 N–H and O–H groups in total. The molecule has 1 aromatic heterocycles. The van der Waals surface area contributed by atoms with Crippen molar-refractivity contribution in [2.45, 2.75) is 6.04 Å². The van der Waals surface area contributed by atoms with Gasteiger partial charge in [0.1, 0.15) is 28.9 Å². The van der Waals surface area contributed by atoms with Crippen LogP contribution in [0, 0.1) is 0 Å². The Hall–Kier alpha value is -3.78. The fourth-order valence-electron chi connectivity index (χ4n) is 3.26. The second-order valence-corrected chi connectivity index (χ2v) is 6.89. The summed E-state index contributed by atoms with van der Waals surface area (Å²) in [6.45, 7) is 0. The summed E-state index contributed by atoms with van der Waals surface area (Å²) < 4.78 is 6.79. The zero-order valence-electron chi connectivity index (χ0n) is 15.8. The number of ether oxygens (including phenoxy) is 1. The second kappa shape index (κ2) is 7.92. The van der Waals surface area contributed by atoms with E-state index in [0.29, 0.717) is 22.0 Å². The number of hydrogen-bond donors (Lipinski definition) is 3. The van der Waals surface area contributed by atoms with Gasteiger partial charge in [-0.3, -0.25) is 4.79 Å². The van der Waals surface area contributed by atoms with Crippen LogP contribution in [0.4, 0.5) is 11.5 Å². The summed E-state index contributed by atoms with van der Waals surface area (Å²) in [6.07, 6.45) is 2.89. The SMILES string of the molecule is COc1ccccc1NC(=O)c1cnn2c1NC(C(=O)O)=CC2c1ccccc1Cl. The molecule has 0 bridgehead atoms. The molecule has 0 saturated carbocycles. The van der Waals surface area contributed by atoms with Gasteiger partial charge in [-0.05, 0) is 29.8 Å². The first kappa shape index (κ1) is 19.5. The van der Waals surface area contributed by atoms with Crippen LogP contribution in [0.5, 0.6) is 5.75 Å². The van der Waals surface area contributed by atoms with Gasteiger partial charge in [0.2, 0.25) is 0 Å². The Bertz CT molecular complexity index is 1170. The van der Waals surface area contributed by atoms with Gasteiger partial charge in [0.05, 0.1) is 19.0 Å². The Kier molecular flexibility index (Phi) is 5.16. The highest BCUT2D eigenvalue weighted by molar-refractivity contribution is 6.31. The van der Waals surface area contributed by atoms with E-state index in [2.05, 4.69) is 15.7 Å². The summed E-state index contributed by atoms with van der Waals surface area (Å²) >= 11 is 6.33. The van der Waals surface area contributed by atoms with Crippen molar-refractivity contribution in [2.75, 3.05) is 17.7 Å². The number of hydrogen-bond acceptors (Lipinski definition) is 5. The molecule has 0 fully saturated rings. The van der Waals surface area contributed by atoms with Gasteiger partial charge >= 0.3 is 5.97 Å². The average molecular weight is 425 g/mol. The summed E-state index contributed by atoms with van der Waals surface area (Å²) in [7, 11) is 1.51. The van der Waals surface area contributed by atoms with Crippen molar-refractivity contribution in [3.8, 4) is 5.75 Å². The van der Waals surface area contributed by atoms with Crippen LogP contribution in [0.3, 0.4) is 0 Å². The van der Waals surface area contributed by atoms with Crippen LogP contribution in [0.25, 0.3) is 0 Å². The summed E-state index contributed by atoms with van der Waals surface area (Å²) in [5, 5.41) is 19.9. The monoisotopic (exact) mass is 424 g/mol. The van der Waals surface area contributed by atoms with Gasteiger partial charge < -0.3 is 20.5 Å². The number of allylic oxidation sites excluding steroid dienone is 1. The van der Waals surface area contributed by atoms with Gasteiger partial charge in [-0.15, -0.1) is 0 Å². The van der Waals surface area contributed by atoms with Crippen LogP contribution < -0.4 is 15.4 Å². The molecule has 2 aromatic carbocycles. The number of rotatable bonds is 5. The second-order valence-electron chi connectivity index (χ2n) is 6.48. The van der Waals surface area contributed by atoms with E-state index in [1.807, 2.05) is 0 Å². The van der Waals surface area contributed by atoms with Crippen molar-refractivity contribution in [1.82, 2.24) is 9.78 Å². The molecular formula is C21H17ClN4O4. The van der Waals surface area contributed by atoms with Gasteiger partial charge in [-0.1, -0.05) is 41.9 Å². The van der Waals surface area contributed by atoms with Gasteiger partial charge in [0.15, 0.2) is 0 Å². The number of methoxy groups -OCH3 is 1. The summed E-state index contributed by atoms with van der Waals surface area (Å²) in [5.74, 6) is -0.861. The maximum absolute atomic E-state index is 12.9. The van der Waals surface area contributed by atoms with Crippen LogP contribution in [-0.4, -0.2) is 33.9 Å². The molecule has 3 aromatic rings. The van der Waals surface area contributed by atoms with Crippen LogP contribution in [0.2, 0.25) is 5.02 Å². The maximum atomic E-state index is 12.9. The van der Waals surface area contributed by atoms with E-state index >= 15 is 0 Å². The molecule has 152 valence electrons. The van der Waals surface area contributed by atoms with Crippen LogP contribution in [0.1, 0.15) is 22.0 Å². The molecule has 9 heteroatoms. The van der Waals surface area contributed by atoms with Crippen LogP contribution in [0.15, 0.2) is 66.5 Å². The number of amides is 1. The molecule has 8 nitrogen and oxygen atoms in total. The topological polar surface area (TPSA) is 105 Å². The third kappa shape index (κ3) is 3.48. The Morgan fingerprint density at radius 2 is 1.93 bits per heavy atom. The van der Waals surface area contributed by atoms with E-state index in [0.717, 1.165) is 0 Å². The quantitative estimate of drug-likeness (QED) is 0.575. The minimum Gasteiger partial charge on any atom is -0.495 e. The first-order valence-electron chi connectivity index (χ1n) is 8.98. The number of fused-ring (bicyclic) bond motifs is 1. The van der Waals surface area contributed by atoms with E-state index in [1.165, 1.54) is 24.1 Å². The molecule has 1 aliphatic heterocycles. The normalized spacial score (nSPS) is 14.9. The molecule has 0 saturated heterocycles. The number of carbonyl (C=O) groups is 2. The summed E-state index contributed by atoms with van der Waals surface area (Å²) in [4.78, 5) is 24.6. The number of aliphatic carboxylic acids is 1. The highest BCUT2D eigenvalue weighted by Gasteiger charge is 2.30. The molecule has 1 amide bonds. The molecular weight excluding hydrogens is 408 g/mol. The Morgan fingerprint density at radius 1 is 1.20 bits per heavy atom. The number of benzene rings is 2. The number of para-hydroxylation sites is 2. The standard InChI is InChI=1S/C21H17ClN4O4/c1-30-18-9-5-4-8-15(18)25-20(27)13-11-23-26-17(12-6-2-3-7-14(12)22)10-16(21(28)29)24-19(13)26/h2-11,17,24H,1H3,(H,25,27)(H,28,29). The van der Waals surface area contributed by atoms with E-state index in [4.69, 9.17) is 16.3 Å². The zero-order chi connectivity index (χ0) is 21.3. The number of halogens is 1. The Balaban J connectivity index is 1.74. The largest absolute Gasteiger partial charge is 0.495 e. The highest BCUT2D eigenvalue weighted by Crippen LogP contribution is 2.35. The molecule has 1 unspecified atom stereocenters. The van der Waals surface area contributed by atoms with Gasteiger partial charge in [-0.2, -0.15) is 5.10 Å². The molecule has 2 heterocycles. The number of nitrogens with zero attached hydrogens (tertiary/aromatic N) is 2. The molecule has 0 aliphatic carbocycles. The minimum absolute atomic E-state index is 0.0701. The zero-order valence-corrected chi connectivity index (χ0v) is 16.6. The first-order valence-corrected chi connectivity index (χ1v) is 9.36. The van der Waals surface area contributed by atoms with Crippen molar-refractivity contribution in [3.05, 3.63) is 82.7 Å². The smallest absolute Gasteiger partial charge is 0.352 e. The van der Waals surface area contributed by atoms with Gasteiger partial charge in [0, 0.05) is 5.02 Å². The van der Waals surface area contributed by atoms with Crippen LogP contribution in [-0.2, 0) is 4.79 Å². The van der Waals surface area contributed by atoms with Gasteiger partial charge in [-0.25, -0.2) is 9.48 Å². The number of aromatic nitrogens is 2. The number of carboxylic acid groups (broad SMARTS) is 1. The van der Waals surface area contributed by atoms with E-state index in [9.17, 15) is 14.7 Å². The lowest BCUT2D eigenvalue weighted by Crippen LogP contribution is -2.25. The van der Waals surface area contributed by atoms with Crippen LogP contribution >= 0.6 is 11.6 Å². The number of carbonyl (C=O) groups excluding carboxylic acids is 1. The fraction of sp³-hybridized carbons (Fsp3) is 0.0952. The van der Waals surface area contributed by atoms with Crippen molar-refractivity contribution in [3.63, 3.8) is 0 Å². The lowest BCUT2D eigenvalue weighted by Gasteiger charge is -2.25. The van der Waals surface area contributed by atoms with E-state index < -0.39 is 17.9 Å². The number of anilines is 2. The van der Waals surface area contributed by atoms with E-state index in [-0.39, 0.29) is 17.1 Å². The Morgan fingerprint density at radius 3 is 2.67 bits per heavy atom. The lowest BCUT2D eigenvalue weighted by molar-refractivity contribution is -0.132. The van der Waals surface area contributed by atoms with Crippen molar-refractivity contribution in [2.24, 2.45) is 0 Å². The predicted octanol–water partition coefficient (Wildman–Crippen LogP) is 3.78. The molecule has 0 radical (unpaired) electrons. The molecule has 1 aliphatic rings.